The lowest BCUT2D eigenvalue weighted by atomic mass is 9.82. The molecule has 0 aliphatic carbocycles. The maximum atomic E-state index is 14.3. The third-order valence-electron chi connectivity index (χ3n) is 7.63. The molecule has 2 aromatic rings. The van der Waals surface area contributed by atoms with Gasteiger partial charge in [0.2, 0.25) is 12.5 Å². The van der Waals surface area contributed by atoms with Crippen LogP contribution in [0.5, 0.6) is 5.75 Å². The van der Waals surface area contributed by atoms with E-state index in [2.05, 4.69) is 10.3 Å². The second kappa shape index (κ2) is 13.3. The number of hydrogen-bond donors (Lipinski definition) is 3. The van der Waals surface area contributed by atoms with Gasteiger partial charge in [-0.05, 0) is 36.1 Å². The van der Waals surface area contributed by atoms with Crippen LogP contribution >= 0.6 is 0 Å². The third kappa shape index (κ3) is 7.12. The lowest BCUT2D eigenvalue weighted by molar-refractivity contribution is -0.246. The second-order valence-electron chi connectivity index (χ2n) is 10.5. The summed E-state index contributed by atoms with van der Waals surface area (Å²) in [4.78, 5) is 39.9. The molecule has 13 nitrogen and oxygen atoms in total. The van der Waals surface area contributed by atoms with Gasteiger partial charge in [0.1, 0.15) is 24.3 Å². The zero-order valence-corrected chi connectivity index (χ0v) is 24.0. The topological polar surface area (TPSA) is 168 Å². The second-order valence-corrected chi connectivity index (χ2v) is 10.5. The van der Waals surface area contributed by atoms with E-state index in [1.807, 2.05) is 20.8 Å². The molecule has 0 saturated carbocycles. The fourth-order valence-corrected chi connectivity index (χ4v) is 5.04. The van der Waals surface area contributed by atoms with Gasteiger partial charge in [-0.1, -0.05) is 32.9 Å². The highest BCUT2D eigenvalue weighted by Crippen LogP contribution is 2.42. The van der Waals surface area contributed by atoms with E-state index in [1.54, 1.807) is 24.3 Å². The average Bonchev–Trinajstić information content (AvgIpc) is 3.19. The highest BCUT2D eigenvalue weighted by Gasteiger charge is 2.59. The van der Waals surface area contributed by atoms with Gasteiger partial charge in [0.15, 0.2) is 12.2 Å². The van der Waals surface area contributed by atoms with Crippen molar-refractivity contribution in [3.8, 4) is 5.75 Å². The predicted molar refractivity (Wildman–Crippen MR) is 144 cm³/mol. The number of aliphatic hydroxyl groups is 2. The summed E-state index contributed by atoms with van der Waals surface area (Å²) in [5, 5.41) is 21.0. The molecule has 3 unspecified atom stereocenters. The SMILES string of the molecule is CCC1O[C@@H](Oc2ccc(COC(=O)Nc3ccn([C@@H]4O[C@H](CO)C(O)C4(F)F)c(=O)n3)cc2)C(OC(C)=O)[C@@H](C)[C@H]1C. The van der Waals surface area contributed by atoms with Crippen molar-refractivity contribution in [2.75, 3.05) is 11.9 Å². The van der Waals surface area contributed by atoms with E-state index in [4.69, 9.17) is 28.8 Å². The number of nitrogens with zero attached hydrogens (tertiary/aromatic N) is 2. The molecule has 3 N–H and O–H groups in total. The van der Waals surface area contributed by atoms with Crippen LogP contribution in [-0.2, 0) is 30.3 Å². The summed E-state index contributed by atoms with van der Waals surface area (Å²) in [5.41, 5.74) is -0.589. The van der Waals surface area contributed by atoms with E-state index in [-0.39, 0.29) is 30.4 Å². The summed E-state index contributed by atoms with van der Waals surface area (Å²) in [6.07, 6.45) is -6.83. The molecule has 2 saturated heterocycles. The maximum Gasteiger partial charge on any atom is 0.413 e. The molecule has 2 fully saturated rings. The van der Waals surface area contributed by atoms with Gasteiger partial charge in [-0.25, -0.2) is 9.59 Å². The van der Waals surface area contributed by atoms with E-state index >= 15 is 0 Å². The first-order chi connectivity index (χ1) is 20.3. The molecule has 2 aliphatic rings. The van der Waals surface area contributed by atoms with Gasteiger partial charge in [0.25, 0.3) is 0 Å². The standard InChI is InChI=1S/C28H35F2N3O10/c1-5-19-14(2)15(3)22(40-16(4)35)24(42-19)41-18-8-6-17(7-9-18)13-39-27(38)32-21-10-11-33(26(37)31-21)25-28(29,30)23(36)20(12-34)43-25/h6-11,14-15,19-20,22-25,34,36H,5,12-13H2,1-4H3,(H,31,32,37,38)/t14-,15+,19?,20-,22?,23?,24-,25-/m1/s1. The molecule has 2 aliphatic heterocycles. The van der Waals surface area contributed by atoms with E-state index in [0.29, 0.717) is 15.9 Å². The van der Waals surface area contributed by atoms with Crippen LogP contribution < -0.4 is 15.7 Å². The van der Waals surface area contributed by atoms with E-state index in [0.717, 1.165) is 18.7 Å². The molecule has 4 rings (SSSR count). The van der Waals surface area contributed by atoms with Gasteiger partial charge < -0.3 is 33.9 Å². The quantitative estimate of drug-likeness (QED) is 0.357. The Morgan fingerprint density at radius 1 is 1.12 bits per heavy atom. The van der Waals surface area contributed by atoms with Gasteiger partial charge in [-0.2, -0.15) is 13.8 Å². The molecule has 236 valence electrons. The van der Waals surface area contributed by atoms with Crippen molar-refractivity contribution in [2.45, 2.75) is 83.6 Å². The Balaban J connectivity index is 1.32. The summed E-state index contributed by atoms with van der Waals surface area (Å²) in [7, 11) is 0. The monoisotopic (exact) mass is 611 g/mol. The number of carbonyl (C=O) groups excluding carboxylic acids is 2. The molecule has 15 heteroatoms. The van der Waals surface area contributed by atoms with E-state index < -0.39 is 61.1 Å². The summed E-state index contributed by atoms with van der Waals surface area (Å²) < 4.78 is 56.9. The molecule has 0 spiro atoms. The minimum atomic E-state index is -3.87. The zero-order chi connectivity index (χ0) is 31.5. The number of carbonyl (C=O) groups is 2. The molecule has 0 radical (unpaired) electrons. The summed E-state index contributed by atoms with van der Waals surface area (Å²) in [6, 6.07) is 7.69. The third-order valence-corrected chi connectivity index (χ3v) is 7.63. The van der Waals surface area contributed by atoms with Crippen molar-refractivity contribution in [3.63, 3.8) is 0 Å². The molecule has 43 heavy (non-hydrogen) atoms. The van der Waals surface area contributed by atoms with Crippen LogP contribution in [0.4, 0.5) is 19.4 Å². The zero-order valence-electron chi connectivity index (χ0n) is 24.0. The number of nitrogens with one attached hydrogen (secondary N) is 1. The number of halogens is 2. The molecule has 1 amide bonds. The summed E-state index contributed by atoms with van der Waals surface area (Å²) >= 11 is 0. The van der Waals surface area contributed by atoms with Crippen molar-refractivity contribution < 1.29 is 52.3 Å². The number of aliphatic hydroxyl groups excluding tert-OH is 2. The first kappa shape index (κ1) is 32.3. The van der Waals surface area contributed by atoms with E-state index in [9.17, 15) is 28.3 Å². The van der Waals surface area contributed by atoms with Gasteiger partial charge in [-0.15, -0.1) is 0 Å². The van der Waals surface area contributed by atoms with Crippen LogP contribution in [0.2, 0.25) is 0 Å². The Labute approximate surface area is 245 Å². The molecular weight excluding hydrogens is 576 g/mol. The van der Waals surface area contributed by atoms with Crippen molar-refractivity contribution >= 4 is 17.9 Å². The molecule has 1 aromatic carbocycles. The highest BCUT2D eigenvalue weighted by molar-refractivity contribution is 5.83. The Kier molecular flexibility index (Phi) is 10.00. The van der Waals surface area contributed by atoms with E-state index in [1.165, 1.54) is 6.92 Å². The number of ether oxygens (including phenoxy) is 5. The molecule has 3 heterocycles. The minimum Gasteiger partial charge on any atom is -0.461 e. The lowest BCUT2D eigenvalue weighted by Crippen LogP contribution is -2.53. The smallest absolute Gasteiger partial charge is 0.413 e. The van der Waals surface area contributed by atoms with Gasteiger partial charge in [0.05, 0.1) is 12.7 Å². The number of esters is 1. The number of aromatic nitrogens is 2. The normalized spacial score (nSPS) is 30.0. The van der Waals surface area contributed by atoms with Crippen molar-refractivity contribution in [1.82, 2.24) is 9.55 Å². The Hall–Kier alpha value is -3.66. The lowest BCUT2D eigenvalue weighted by Gasteiger charge is -2.43. The average molecular weight is 612 g/mol. The number of anilines is 1. The summed E-state index contributed by atoms with van der Waals surface area (Å²) in [5.74, 6) is -3.95. The van der Waals surface area contributed by atoms with Crippen molar-refractivity contribution in [3.05, 3.63) is 52.6 Å². The van der Waals surface area contributed by atoms with Crippen LogP contribution in [0.25, 0.3) is 0 Å². The predicted octanol–water partition coefficient (Wildman–Crippen LogP) is 2.60. The summed E-state index contributed by atoms with van der Waals surface area (Å²) in [6.45, 7) is 6.35. The van der Waals surface area contributed by atoms with Crippen LogP contribution in [0.15, 0.2) is 41.3 Å². The van der Waals surface area contributed by atoms with Gasteiger partial charge in [-0.3, -0.25) is 14.7 Å². The molecule has 8 atom stereocenters. The van der Waals surface area contributed by atoms with Crippen molar-refractivity contribution in [1.29, 1.82) is 0 Å². The number of alkyl halides is 2. The fourth-order valence-electron chi connectivity index (χ4n) is 5.04. The Morgan fingerprint density at radius 3 is 2.40 bits per heavy atom. The molecule has 0 bridgehead atoms. The maximum absolute atomic E-state index is 14.3. The highest BCUT2D eigenvalue weighted by atomic mass is 19.3. The number of benzene rings is 1. The number of amides is 1. The van der Waals surface area contributed by atoms with Crippen molar-refractivity contribution in [2.24, 2.45) is 11.8 Å². The Bertz CT molecular complexity index is 1340. The van der Waals surface area contributed by atoms with Gasteiger partial charge in [0, 0.05) is 19.0 Å². The Morgan fingerprint density at radius 2 is 1.81 bits per heavy atom. The van der Waals surface area contributed by atoms with Crippen LogP contribution in [0, 0.1) is 11.8 Å². The van der Waals surface area contributed by atoms with Crippen LogP contribution in [-0.4, -0.2) is 75.1 Å². The minimum absolute atomic E-state index is 0.00396. The first-order valence-corrected chi connectivity index (χ1v) is 13.8. The first-order valence-electron chi connectivity index (χ1n) is 13.8. The largest absolute Gasteiger partial charge is 0.461 e. The number of hydrogen-bond acceptors (Lipinski definition) is 11. The number of rotatable bonds is 9. The fraction of sp³-hybridized carbons (Fsp3) is 0.571. The molecular formula is C28H35F2N3O10. The van der Waals surface area contributed by atoms with Crippen LogP contribution in [0.1, 0.15) is 45.9 Å². The van der Waals surface area contributed by atoms with Gasteiger partial charge >= 0.3 is 23.7 Å². The molecule has 1 aromatic heterocycles. The van der Waals surface area contributed by atoms with Crippen LogP contribution in [0.3, 0.4) is 0 Å².